The predicted octanol–water partition coefficient (Wildman–Crippen LogP) is 0.182. The highest BCUT2D eigenvalue weighted by atomic mass is 32.2. The van der Waals surface area contributed by atoms with Gasteiger partial charge in [0.15, 0.2) is 0 Å². The Morgan fingerprint density at radius 1 is 1.27 bits per heavy atom. The Hall–Kier alpha value is -3.03. The van der Waals surface area contributed by atoms with Crippen LogP contribution in [0.4, 0.5) is 5.69 Å². The van der Waals surface area contributed by atoms with Gasteiger partial charge in [-0.05, 0) is 43.5 Å². The zero-order valence-corrected chi connectivity index (χ0v) is 17.0. The van der Waals surface area contributed by atoms with Crippen LogP contribution < -0.4 is 16.3 Å². The minimum atomic E-state index is -3.81. The summed E-state index contributed by atoms with van der Waals surface area (Å²) < 4.78 is 22.7. The summed E-state index contributed by atoms with van der Waals surface area (Å²) >= 11 is 0. The number of nitrogens with one attached hydrogen (secondary N) is 1. The lowest BCUT2D eigenvalue weighted by atomic mass is 10.1. The number of benzene rings is 1. The fraction of sp³-hybridized carbons (Fsp3) is 0.412. The van der Waals surface area contributed by atoms with Crippen LogP contribution in [-0.2, 0) is 14.8 Å². The number of hydrazine groups is 1. The van der Waals surface area contributed by atoms with Crippen LogP contribution in [-0.4, -0.2) is 54.8 Å². The van der Waals surface area contributed by atoms with E-state index in [1.54, 1.807) is 4.90 Å². The van der Waals surface area contributed by atoms with Crippen molar-refractivity contribution >= 4 is 27.6 Å². The van der Waals surface area contributed by atoms with Gasteiger partial charge in [0.25, 0.3) is 5.70 Å². The maximum Gasteiger partial charge on any atom is 0.288 e. The molecule has 0 spiro atoms. The highest BCUT2D eigenvalue weighted by molar-refractivity contribution is 7.89. The molecular formula is C17H23N7O5S. The lowest BCUT2D eigenvalue weighted by Gasteiger charge is -2.25. The topological polar surface area (TPSA) is 177 Å². The molecule has 13 heteroatoms. The third-order valence-electron chi connectivity index (χ3n) is 4.84. The van der Waals surface area contributed by atoms with Crippen molar-refractivity contribution in [1.29, 1.82) is 0 Å². The number of nitrogens with zero attached hydrogens (tertiary/aromatic N) is 4. The number of sulfonamides is 1. The Bertz CT molecular complexity index is 1000. The molecule has 3 rings (SSSR count). The molecule has 0 aromatic heterocycles. The number of anilines is 1. The Morgan fingerprint density at radius 3 is 2.53 bits per heavy atom. The first-order valence-electron chi connectivity index (χ1n) is 9.30. The van der Waals surface area contributed by atoms with Crippen molar-refractivity contribution in [1.82, 2.24) is 9.91 Å². The van der Waals surface area contributed by atoms with Gasteiger partial charge in [0.2, 0.25) is 21.9 Å². The van der Waals surface area contributed by atoms with Gasteiger partial charge in [-0.3, -0.25) is 19.9 Å². The number of hydrogen-bond donors (Lipinski definition) is 3. The zero-order chi connectivity index (χ0) is 21.9. The lowest BCUT2D eigenvalue weighted by molar-refractivity contribution is -0.429. The average molecular weight is 437 g/mol. The van der Waals surface area contributed by atoms with Crippen LogP contribution >= 0.6 is 0 Å². The molecule has 1 saturated heterocycles. The van der Waals surface area contributed by atoms with E-state index in [9.17, 15) is 23.3 Å². The van der Waals surface area contributed by atoms with Crippen molar-refractivity contribution in [3.63, 3.8) is 0 Å². The van der Waals surface area contributed by atoms with Gasteiger partial charge in [-0.15, -0.1) is 0 Å². The van der Waals surface area contributed by atoms with Crippen molar-refractivity contribution in [3.05, 3.63) is 45.8 Å². The van der Waals surface area contributed by atoms with E-state index in [1.165, 1.54) is 24.3 Å². The second-order valence-corrected chi connectivity index (χ2v) is 8.56. The summed E-state index contributed by atoms with van der Waals surface area (Å²) in [5.41, 5.74) is 0.681. The van der Waals surface area contributed by atoms with Crippen molar-refractivity contribution in [3.8, 4) is 0 Å². The molecule has 30 heavy (non-hydrogen) atoms. The minimum absolute atomic E-state index is 0.0454. The molecule has 2 heterocycles. The highest BCUT2D eigenvalue weighted by Crippen LogP contribution is 2.22. The number of allylic oxidation sites excluding steroid dienone is 1. The monoisotopic (exact) mass is 437 g/mol. The molecular weight excluding hydrogens is 414 g/mol. The molecule has 0 atom stereocenters. The Kier molecular flexibility index (Phi) is 6.34. The van der Waals surface area contributed by atoms with Crippen LogP contribution in [0.3, 0.4) is 0 Å². The molecule has 2 aliphatic heterocycles. The minimum Gasteiger partial charge on any atom is -0.343 e. The second-order valence-electron chi connectivity index (χ2n) is 7.00. The SMILES string of the molecule is NN1CC([N+](=O)[O-])=C(CCCN2CCCC2=O)N=C1Nc1ccc(S(N)(=O)=O)cc1. The van der Waals surface area contributed by atoms with Crippen LogP contribution in [0, 0.1) is 10.1 Å². The highest BCUT2D eigenvalue weighted by Gasteiger charge is 2.28. The molecule has 1 aromatic carbocycles. The maximum atomic E-state index is 11.7. The molecule has 162 valence electrons. The number of primary sulfonamides is 1. The van der Waals surface area contributed by atoms with Crippen molar-refractivity contribution in [2.45, 2.75) is 30.6 Å². The molecule has 0 bridgehead atoms. The fourth-order valence-electron chi connectivity index (χ4n) is 3.28. The van der Waals surface area contributed by atoms with Gasteiger partial charge in [-0.1, -0.05) is 0 Å². The van der Waals surface area contributed by atoms with Gasteiger partial charge in [0.1, 0.15) is 12.2 Å². The molecule has 5 N–H and O–H groups in total. The number of nitro groups is 1. The number of likely N-dealkylation sites (tertiary alicyclic amines) is 1. The molecule has 12 nitrogen and oxygen atoms in total. The summed E-state index contributed by atoms with van der Waals surface area (Å²) in [6.07, 6.45) is 2.24. The van der Waals surface area contributed by atoms with Crippen LogP contribution in [0.15, 0.2) is 45.5 Å². The number of rotatable bonds is 7. The number of amides is 1. The van der Waals surface area contributed by atoms with Crippen molar-refractivity contribution < 1.29 is 18.1 Å². The first kappa shape index (κ1) is 21.7. The molecule has 0 aliphatic carbocycles. The smallest absolute Gasteiger partial charge is 0.288 e. The van der Waals surface area contributed by atoms with Gasteiger partial charge in [-0.25, -0.2) is 24.4 Å². The lowest BCUT2D eigenvalue weighted by Crippen LogP contribution is -2.46. The normalized spacial score (nSPS) is 17.4. The Labute approximate surface area is 173 Å². The van der Waals surface area contributed by atoms with E-state index in [0.717, 1.165) is 11.4 Å². The molecule has 0 radical (unpaired) electrons. The molecule has 1 aromatic rings. The van der Waals surface area contributed by atoms with E-state index >= 15 is 0 Å². The van der Waals surface area contributed by atoms with E-state index < -0.39 is 14.9 Å². The largest absolute Gasteiger partial charge is 0.343 e. The summed E-state index contributed by atoms with van der Waals surface area (Å²) in [5.74, 6) is 6.19. The fourth-order valence-corrected chi connectivity index (χ4v) is 3.80. The summed E-state index contributed by atoms with van der Waals surface area (Å²) in [7, 11) is -3.81. The second kappa shape index (κ2) is 8.77. The number of carbonyl (C=O) groups excluding carboxylic acids is 1. The van der Waals surface area contributed by atoms with Gasteiger partial charge < -0.3 is 10.2 Å². The van der Waals surface area contributed by atoms with Gasteiger partial charge in [0, 0.05) is 25.2 Å². The van der Waals surface area contributed by atoms with E-state index in [2.05, 4.69) is 10.3 Å². The maximum absolute atomic E-state index is 11.7. The summed E-state index contributed by atoms with van der Waals surface area (Å²) in [4.78, 5) is 28.6. The Morgan fingerprint density at radius 2 is 1.97 bits per heavy atom. The summed E-state index contributed by atoms with van der Waals surface area (Å²) in [6, 6.07) is 5.63. The van der Waals surface area contributed by atoms with E-state index in [-0.39, 0.29) is 34.7 Å². The van der Waals surface area contributed by atoms with Crippen LogP contribution in [0.2, 0.25) is 0 Å². The number of nitrogens with two attached hydrogens (primary N) is 2. The predicted molar refractivity (Wildman–Crippen MR) is 109 cm³/mol. The quantitative estimate of drug-likeness (QED) is 0.307. The standard InChI is InChI=1S/C17H23N7O5S/c18-23-11-15(24(26)27)14(3-1-9-22-10-2-4-16(22)25)21-17(23)20-12-5-7-13(8-6-12)30(19,28)29/h5-8H,1-4,9-11,18H2,(H,20,21)(H2,19,28,29). The molecule has 0 saturated carbocycles. The van der Waals surface area contributed by atoms with Crippen molar-refractivity contribution in [2.24, 2.45) is 16.0 Å². The first-order chi connectivity index (χ1) is 14.1. The number of hydrogen-bond acceptors (Lipinski definition) is 9. The molecule has 2 aliphatic rings. The zero-order valence-electron chi connectivity index (χ0n) is 16.2. The average Bonchev–Trinajstić information content (AvgIpc) is 3.08. The molecule has 0 unspecified atom stereocenters. The van der Waals surface area contributed by atoms with Gasteiger partial charge in [0.05, 0.1) is 9.82 Å². The molecule has 1 fully saturated rings. The number of carbonyl (C=O) groups is 1. The van der Waals surface area contributed by atoms with Gasteiger partial charge >= 0.3 is 0 Å². The third kappa shape index (κ3) is 5.11. The van der Waals surface area contributed by atoms with Crippen LogP contribution in [0.25, 0.3) is 0 Å². The number of guanidine groups is 1. The van der Waals surface area contributed by atoms with Crippen LogP contribution in [0.1, 0.15) is 25.7 Å². The van der Waals surface area contributed by atoms with E-state index in [0.29, 0.717) is 38.0 Å². The first-order valence-corrected chi connectivity index (χ1v) is 10.8. The van der Waals surface area contributed by atoms with Crippen molar-refractivity contribution in [2.75, 3.05) is 25.0 Å². The number of aliphatic imine (C=N–C) groups is 1. The van der Waals surface area contributed by atoms with E-state index in [4.69, 9.17) is 11.0 Å². The van der Waals surface area contributed by atoms with Gasteiger partial charge in [-0.2, -0.15) is 0 Å². The van der Waals surface area contributed by atoms with Crippen LogP contribution in [0.5, 0.6) is 0 Å². The van der Waals surface area contributed by atoms with E-state index in [1.807, 2.05) is 0 Å². The molecule has 1 amide bonds. The third-order valence-corrected chi connectivity index (χ3v) is 5.77. The Balaban J connectivity index is 1.73. The summed E-state index contributed by atoms with van der Waals surface area (Å²) in [6.45, 7) is 1.08. The summed E-state index contributed by atoms with van der Waals surface area (Å²) in [5, 5.41) is 20.5.